The molecule has 1 unspecified atom stereocenters. The fourth-order valence-corrected chi connectivity index (χ4v) is 4.62. The molecule has 2 aromatic rings. The van der Waals surface area contributed by atoms with Crippen LogP contribution in [-0.4, -0.2) is 71.5 Å². The van der Waals surface area contributed by atoms with E-state index >= 15 is 0 Å². The molecule has 194 valence electrons. The van der Waals surface area contributed by atoms with E-state index in [9.17, 15) is 19.5 Å². The van der Waals surface area contributed by atoms with Gasteiger partial charge in [-0.25, -0.2) is 4.79 Å². The van der Waals surface area contributed by atoms with Crippen molar-refractivity contribution in [3.8, 4) is 5.75 Å². The summed E-state index contributed by atoms with van der Waals surface area (Å²) in [6.45, 7) is 5.70. The van der Waals surface area contributed by atoms with Crippen molar-refractivity contribution in [3.05, 3.63) is 53.6 Å². The molecule has 0 saturated carbocycles. The first-order valence-corrected chi connectivity index (χ1v) is 13.0. The van der Waals surface area contributed by atoms with E-state index in [1.807, 2.05) is 32.0 Å². The Hall–Kier alpha value is -2.95. The van der Waals surface area contributed by atoms with Gasteiger partial charge in [0, 0.05) is 36.9 Å². The summed E-state index contributed by atoms with van der Waals surface area (Å²) in [5.74, 6) is 0.0112. The third-order valence-electron chi connectivity index (χ3n) is 5.61. The van der Waals surface area contributed by atoms with E-state index in [0.717, 1.165) is 11.9 Å². The number of benzene rings is 2. The van der Waals surface area contributed by atoms with E-state index in [1.54, 1.807) is 34.1 Å². The van der Waals surface area contributed by atoms with Gasteiger partial charge >= 0.3 is 6.03 Å². The molecule has 1 aliphatic heterocycles. The molecule has 0 bridgehead atoms. The van der Waals surface area contributed by atoms with Crippen molar-refractivity contribution in [1.29, 1.82) is 0 Å². The Morgan fingerprint density at radius 3 is 2.33 bits per heavy atom. The second-order valence-corrected chi connectivity index (χ2v) is 10.3. The highest BCUT2D eigenvalue weighted by Gasteiger charge is 2.30. The molecular weight excluding hydrogens is 502 g/mol. The number of rotatable bonds is 9. The number of nitrogens with zero attached hydrogens (tertiary/aromatic N) is 2. The molecule has 0 radical (unpaired) electrons. The minimum absolute atomic E-state index is 0.0431. The smallest absolute Gasteiger partial charge is 0.319 e. The van der Waals surface area contributed by atoms with Gasteiger partial charge in [0.1, 0.15) is 11.8 Å². The Morgan fingerprint density at radius 1 is 1.03 bits per heavy atom. The zero-order chi connectivity index (χ0) is 26.1. The Labute approximate surface area is 220 Å². The fourth-order valence-electron chi connectivity index (χ4n) is 3.80. The van der Waals surface area contributed by atoms with Gasteiger partial charge in [-0.05, 0) is 54.6 Å². The van der Waals surface area contributed by atoms with E-state index in [0.29, 0.717) is 48.2 Å². The van der Waals surface area contributed by atoms with Gasteiger partial charge in [0.25, 0.3) is 0 Å². The fraction of sp³-hybridized carbons (Fsp3) is 0.400. The van der Waals surface area contributed by atoms with E-state index in [1.165, 1.54) is 6.07 Å². The number of phenols is 1. The van der Waals surface area contributed by atoms with Crippen LogP contribution in [0.2, 0.25) is 5.02 Å². The minimum atomic E-state index is -0.652. The Morgan fingerprint density at radius 2 is 1.69 bits per heavy atom. The van der Waals surface area contributed by atoms with Crippen LogP contribution in [0.3, 0.4) is 0 Å². The van der Waals surface area contributed by atoms with Gasteiger partial charge in [0.05, 0.1) is 11.4 Å². The molecule has 0 aromatic heterocycles. The summed E-state index contributed by atoms with van der Waals surface area (Å²) >= 11 is 6.99. The monoisotopic (exact) mass is 533 g/mol. The SMILES string of the molecule is CC(C)CC(NC(=O)Nc1ccccc1)C(=O)N1CCN(C(=O)CNSc2ccc(Cl)cc2O)CC1. The van der Waals surface area contributed by atoms with E-state index in [2.05, 4.69) is 15.4 Å². The van der Waals surface area contributed by atoms with Gasteiger partial charge in [-0.3, -0.25) is 14.3 Å². The Balaban J connectivity index is 1.47. The molecule has 4 N–H and O–H groups in total. The normalized spacial score (nSPS) is 14.4. The maximum Gasteiger partial charge on any atom is 0.319 e. The predicted molar refractivity (Wildman–Crippen MR) is 142 cm³/mol. The second-order valence-electron chi connectivity index (χ2n) is 8.89. The molecule has 3 rings (SSSR count). The third-order valence-corrected chi connectivity index (χ3v) is 6.70. The summed E-state index contributed by atoms with van der Waals surface area (Å²) in [4.78, 5) is 42.3. The zero-order valence-electron chi connectivity index (χ0n) is 20.4. The molecule has 2 aromatic carbocycles. The average Bonchev–Trinajstić information content (AvgIpc) is 2.85. The van der Waals surface area contributed by atoms with Crippen molar-refractivity contribution < 1.29 is 19.5 Å². The van der Waals surface area contributed by atoms with Gasteiger partial charge in [0.2, 0.25) is 11.8 Å². The van der Waals surface area contributed by atoms with Crippen LogP contribution >= 0.6 is 23.5 Å². The number of amides is 4. The number of anilines is 1. The highest BCUT2D eigenvalue weighted by molar-refractivity contribution is 7.97. The Bertz CT molecular complexity index is 1050. The first-order valence-electron chi connectivity index (χ1n) is 11.8. The number of phenolic OH excluding ortho intramolecular Hbond substituents is 1. The van der Waals surface area contributed by atoms with E-state index < -0.39 is 12.1 Å². The number of hydrogen-bond acceptors (Lipinski definition) is 6. The number of para-hydroxylation sites is 1. The minimum Gasteiger partial charge on any atom is -0.507 e. The van der Waals surface area contributed by atoms with Crippen LogP contribution in [0.1, 0.15) is 20.3 Å². The number of aromatic hydroxyl groups is 1. The summed E-state index contributed by atoms with van der Waals surface area (Å²) < 4.78 is 2.96. The number of carbonyl (C=O) groups is 3. The number of carbonyl (C=O) groups excluding carboxylic acids is 3. The van der Waals surface area contributed by atoms with E-state index in [-0.39, 0.29) is 30.0 Å². The summed E-state index contributed by atoms with van der Waals surface area (Å²) in [6, 6.07) is 12.8. The molecule has 1 saturated heterocycles. The average molecular weight is 534 g/mol. The van der Waals surface area contributed by atoms with E-state index in [4.69, 9.17) is 11.6 Å². The van der Waals surface area contributed by atoms with Crippen molar-refractivity contribution in [2.24, 2.45) is 5.92 Å². The van der Waals surface area contributed by atoms with Crippen LogP contribution in [0.25, 0.3) is 0 Å². The predicted octanol–water partition coefficient (Wildman–Crippen LogP) is 3.55. The van der Waals surface area contributed by atoms with Crippen LogP contribution in [0.4, 0.5) is 10.5 Å². The lowest BCUT2D eigenvalue weighted by atomic mass is 10.0. The van der Waals surface area contributed by atoms with Gasteiger partial charge in [-0.15, -0.1) is 0 Å². The lowest BCUT2D eigenvalue weighted by Crippen LogP contribution is -2.57. The molecule has 36 heavy (non-hydrogen) atoms. The van der Waals surface area contributed by atoms with Crippen molar-refractivity contribution in [1.82, 2.24) is 19.8 Å². The molecule has 9 nitrogen and oxygen atoms in total. The van der Waals surface area contributed by atoms with Crippen molar-refractivity contribution in [2.75, 3.05) is 38.0 Å². The van der Waals surface area contributed by atoms with Crippen LogP contribution in [0.5, 0.6) is 5.75 Å². The second kappa shape index (κ2) is 13.4. The molecule has 1 heterocycles. The summed E-state index contributed by atoms with van der Waals surface area (Å²) in [7, 11) is 0. The summed E-state index contributed by atoms with van der Waals surface area (Å²) in [5, 5.41) is 15.9. The van der Waals surface area contributed by atoms with Crippen LogP contribution in [-0.2, 0) is 9.59 Å². The van der Waals surface area contributed by atoms with Gasteiger partial charge in [-0.1, -0.05) is 43.6 Å². The van der Waals surface area contributed by atoms with Crippen LogP contribution in [0, 0.1) is 5.92 Å². The van der Waals surface area contributed by atoms with Gasteiger partial charge in [-0.2, -0.15) is 0 Å². The van der Waals surface area contributed by atoms with Gasteiger partial charge in [0.15, 0.2) is 0 Å². The quantitative estimate of drug-likeness (QED) is 0.367. The molecule has 11 heteroatoms. The maximum atomic E-state index is 13.2. The Kier molecular flexibility index (Phi) is 10.3. The summed E-state index contributed by atoms with van der Waals surface area (Å²) in [5.41, 5.74) is 0.649. The molecule has 0 spiro atoms. The largest absolute Gasteiger partial charge is 0.507 e. The highest BCUT2D eigenvalue weighted by atomic mass is 35.5. The first kappa shape index (κ1) is 27.6. The van der Waals surface area contributed by atoms with Crippen LogP contribution in [0.15, 0.2) is 53.4 Å². The number of urea groups is 1. The summed E-state index contributed by atoms with van der Waals surface area (Å²) in [6.07, 6.45) is 0.513. The number of hydrogen-bond donors (Lipinski definition) is 4. The van der Waals surface area contributed by atoms with Crippen LogP contribution < -0.4 is 15.4 Å². The molecule has 1 atom stereocenters. The van der Waals surface area contributed by atoms with Crippen molar-refractivity contribution in [2.45, 2.75) is 31.2 Å². The molecular formula is C25H32ClN5O4S. The lowest BCUT2D eigenvalue weighted by Gasteiger charge is -2.36. The number of halogens is 1. The number of piperazine rings is 1. The standard InChI is InChI=1S/C25H32ClN5O4S/c1-17(2)14-20(29-25(35)28-19-6-4-3-5-7-19)24(34)31-12-10-30(11-13-31)23(33)16-27-36-22-9-8-18(26)15-21(22)32/h3-9,15,17,20,27,32H,10-14,16H2,1-2H3,(H2,28,29,35). The zero-order valence-corrected chi connectivity index (χ0v) is 21.9. The lowest BCUT2D eigenvalue weighted by molar-refractivity contribution is -0.140. The first-order chi connectivity index (χ1) is 17.2. The number of nitrogens with one attached hydrogen (secondary N) is 3. The third kappa shape index (κ3) is 8.32. The maximum absolute atomic E-state index is 13.2. The van der Waals surface area contributed by atoms with Crippen molar-refractivity contribution in [3.63, 3.8) is 0 Å². The molecule has 0 aliphatic carbocycles. The van der Waals surface area contributed by atoms with Crippen molar-refractivity contribution >= 4 is 47.1 Å². The van der Waals surface area contributed by atoms with Gasteiger partial charge < -0.3 is 25.5 Å². The molecule has 4 amide bonds. The molecule has 1 aliphatic rings. The topological polar surface area (TPSA) is 114 Å². The highest BCUT2D eigenvalue weighted by Crippen LogP contribution is 2.28. The molecule has 1 fully saturated rings.